The zero-order valence-electron chi connectivity index (χ0n) is 16.4. The quantitative estimate of drug-likeness (QED) is 0.723. The van der Waals surface area contributed by atoms with Crippen molar-refractivity contribution < 1.29 is 22.8 Å². The molecule has 0 spiro atoms. The first-order chi connectivity index (χ1) is 14.1. The fourth-order valence-electron chi connectivity index (χ4n) is 3.52. The molecule has 1 unspecified atom stereocenters. The van der Waals surface area contributed by atoms with Crippen LogP contribution in [-0.2, 0) is 11.0 Å². The van der Waals surface area contributed by atoms with E-state index >= 15 is 0 Å². The monoisotopic (exact) mass is 438 g/mol. The standard InChI is InChI=1S/C22H22ClF3N2O2/c1-14(17-3-2-4-19(23)13-17)27-20(29)15-9-11-28(12-10-15)21(30)16-5-7-18(8-6-16)22(24,25)26/h2-8,13-15H,9-12H2,1H3,(H,27,29). The van der Waals surface area contributed by atoms with Crippen LogP contribution in [0, 0.1) is 5.92 Å². The lowest BCUT2D eigenvalue weighted by molar-refractivity contribution is -0.137. The van der Waals surface area contributed by atoms with E-state index in [1.165, 1.54) is 12.1 Å². The molecular weight excluding hydrogens is 417 g/mol. The summed E-state index contributed by atoms with van der Waals surface area (Å²) in [6, 6.07) is 11.3. The summed E-state index contributed by atoms with van der Waals surface area (Å²) in [6.45, 7) is 2.64. The number of nitrogens with zero attached hydrogens (tertiary/aromatic N) is 1. The summed E-state index contributed by atoms with van der Waals surface area (Å²) >= 11 is 6.00. The molecule has 4 nitrogen and oxygen atoms in total. The fraction of sp³-hybridized carbons (Fsp3) is 0.364. The van der Waals surface area contributed by atoms with E-state index in [4.69, 9.17) is 11.6 Å². The first-order valence-electron chi connectivity index (χ1n) is 9.67. The van der Waals surface area contributed by atoms with Gasteiger partial charge in [0.15, 0.2) is 0 Å². The molecule has 160 valence electrons. The van der Waals surface area contributed by atoms with Crippen LogP contribution < -0.4 is 5.32 Å². The Balaban J connectivity index is 1.53. The summed E-state index contributed by atoms with van der Waals surface area (Å²) in [7, 11) is 0. The number of carbonyl (C=O) groups is 2. The number of amides is 2. The number of hydrogen-bond donors (Lipinski definition) is 1. The van der Waals surface area contributed by atoms with Crippen molar-refractivity contribution in [1.82, 2.24) is 10.2 Å². The molecule has 0 saturated carbocycles. The molecule has 2 amide bonds. The zero-order chi connectivity index (χ0) is 21.9. The van der Waals surface area contributed by atoms with E-state index in [0.717, 1.165) is 17.7 Å². The molecule has 2 aromatic rings. The largest absolute Gasteiger partial charge is 0.416 e. The van der Waals surface area contributed by atoms with Crippen molar-refractivity contribution in [3.05, 3.63) is 70.2 Å². The molecular formula is C22H22ClF3N2O2. The third kappa shape index (κ3) is 5.33. The highest BCUT2D eigenvalue weighted by atomic mass is 35.5. The molecule has 1 saturated heterocycles. The third-order valence-electron chi connectivity index (χ3n) is 5.32. The minimum Gasteiger partial charge on any atom is -0.349 e. The third-order valence-corrected chi connectivity index (χ3v) is 5.55. The summed E-state index contributed by atoms with van der Waals surface area (Å²) in [5.41, 5.74) is 0.328. The van der Waals surface area contributed by atoms with Gasteiger partial charge in [-0.2, -0.15) is 13.2 Å². The van der Waals surface area contributed by atoms with Gasteiger partial charge in [-0.15, -0.1) is 0 Å². The van der Waals surface area contributed by atoms with Gasteiger partial charge in [0.2, 0.25) is 5.91 Å². The average molecular weight is 439 g/mol. The number of benzene rings is 2. The lowest BCUT2D eigenvalue weighted by Gasteiger charge is -2.32. The maximum absolute atomic E-state index is 12.7. The van der Waals surface area contributed by atoms with Crippen LogP contribution >= 0.6 is 11.6 Å². The molecule has 3 rings (SSSR count). The molecule has 1 aliphatic rings. The molecule has 1 heterocycles. The lowest BCUT2D eigenvalue weighted by Crippen LogP contribution is -2.43. The van der Waals surface area contributed by atoms with E-state index in [0.29, 0.717) is 31.0 Å². The Bertz CT molecular complexity index is 907. The van der Waals surface area contributed by atoms with Crippen molar-refractivity contribution in [1.29, 1.82) is 0 Å². The maximum Gasteiger partial charge on any atom is 0.416 e. The normalized spacial score (nSPS) is 16.2. The highest BCUT2D eigenvalue weighted by Gasteiger charge is 2.31. The van der Waals surface area contributed by atoms with Gasteiger partial charge in [0.25, 0.3) is 5.91 Å². The van der Waals surface area contributed by atoms with Crippen LogP contribution in [0.4, 0.5) is 13.2 Å². The predicted octanol–water partition coefficient (Wildman–Crippen LogP) is 5.09. The van der Waals surface area contributed by atoms with Gasteiger partial charge >= 0.3 is 6.18 Å². The second kappa shape index (κ2) is 9.08. The lowest BCUT2D eigenvalue weighted by atomic mass is 9.94. The van der Waals surface area contributed by atoms with Gasteiger partial charge in [0.05, 0.1) is 11.6 Å². The second-order valence-electron chi connectivity index (χ2n) is 7.43. The van der Waals surface area contributed by atoms with Crippen LogP contribution in [0.3, 0.4) is 0 Å². The second-order valence-corrected chi connectivity index (χ2v) is 7.86. The number of halogens is 4. The predicted molar refractivity (Wildman–Crippen MR) is 108 cm³/mol. The Hall–Kier alpha value is -2.54. The molecule has 30 heavy (non-hydrogen) atoms. The smallest absolute Gasteiger partial charge is 0.349 e. The van der Waals surface area contributed by atoms with E-state index in [9.17, 15) is 22.8 Å². The van der Waals surface area contributed by atoms with Crippen LogP contribution in [0.15, 0.2) is 48.5 Å². The Morgan fingerprint density at radius 1 is 1.10 bits per heavy atom. The molecule has 8 heteroatoms. The molecule has 0 bridgehead atoms. The van der Waals surface area contributed by atoms with Gasteiger partial charge in [-0.3, -0.25) is 9.59 Å². The van der Waals surface area contributed by atoms with Crippen LogP contribution in [0.5, 0.6) is 0 Å². The molecule has 0 radical (unpaired) electrons. The van der Waals surface area contributed by atoms with Crippen molar-refractivity contribution in [2.24, 2.45) is 5.92 Å². The molecule has 1 aliphatic heterocycles. The number of hydrogen-bond acceptors (Lipinski definition) is 2. The molecule has 2 aromatic carbocycles. The highest BCUT2D eigenvalue weighted by Crippen LogP contribution is 2.29. The number of rotatable bonds is 4. The Kier molecular flexibility index (Phi) is 6.71. The summed E-state index contributed by atoms with van der Waals surface area (Å²) in [5.74, 6) is -0.623. The Labute approximate surface area is 178 Å². The number of carbonyl (C=O) groups excluding carboxylic acids is 2. The van der Waals surface area contributed by atoms with Crippen molar-refractivity contribution in [3.8, 4) is 0 Å². The van der Waals surface area contributed by atoms with Gasteiger partial charge in [-0.25, -0.2) is 0 Å². The Morgan fingerprint density at radius 2 is 1.73 bits per heavy atom. The first kappa shape index (κ1) is 22.2. The van der Waals surface area contributed by atoms with Crippen LogP contribution in [0.2, 0.25) is 5.02 Å². The molecule has 1 N–H and O–H groups in total. The first-order valence-corrected chi connectivity index (χ1v) is 10.1. The number of likely N-dealkylation sites (tertiary alicyclic amines) is 1. The number of nitrogens with one attached hydrogen (secondary N) is 1. The van der Waals surface area contributed by atoms with Crippen LogP contribution in [-0.4, -0.2) is 29.8 Å². The van der Waals surface area contributed by atoms with Crippen LogP contribution in [0.1, 0.15) is 47.3 Å². The highest BCUT2D eigenvalue weighted by molar-refractivity contribution is 6.30. The van der Waals surface area contributed by atoms with E-state index in [1.54, 1.807) is 17.0 Å². The average Bonchev–Trinajstić information content (AvgIpc) is 2.72. The van der Waals surface area contributed by atoms with E-state index in [-0.39, 0.29) is 29.3 Å². The fourth-order valence-corrected chi connectivity index (χ4v) is 3.72. The van der Waals surface area contributed by atoms with Gasteiger partial charge in [-0.1, -0.05) is 23.7 Å². The van der Waals surface area contributed by atoms with Crippen molar-refractivity contribution >= 4 is 23.4 Å². The Morgan fingerprint density at radius 3 is 2.30 bits per heavy atom. The van der Waals surface area contributed by atoms with Crippen molar-refractivity contribution in [2.45, 2.75) is 32.0 Å². The minimum atomic E-state index is -4.44. The van der Waals surface area contributed by atoms with E-state index in [1.807, 2.05) is 19.1 Å². The van der Waals surface area contributed by atoms with Crippen LogP contribution in [0.25, 0.3) is 0 Å². The molecule has 1 atom stereocenters. The summed E-state index contributed by atoms with van der Waals surface area (Å²) in [4.78, 5) is 26.7. The van der Waals surface area contributed by atoms with E-state index in [2.05, 4.69) is 5.32 Å². The minimum absolute atomic E-state index is 0.0795. The van der Waals surface area contributed by atoms with Gasteiger partial charge in [-0.05, 0) is 61.7 Å². The molecule has 1 fully saturated rings. The van der Waals surface area contributed by atoms with Gasteiger partial charge in [0.1, 0.15) is 0 Å². The van der Waals surface area contributed by atoms with E-state index < -0.39 is 11.7 Å². The summed E-state index contributed by atoms with van der Waals surface area (Å²) in [5, 5.41) is 3.58. The topological polar surface area (TPSA) is 49.4 Å². The summed E-state index contributed by atoms with van der Waals surface area (Å²) in [6.07, 6.45) is -3.43. The SMILES string of the molecule is CC(NC(=O)C1CCN(C(=O)c2ccc(C(F)(F)F)cc2)CC1)c1cccc(Cl)c1. The van der Waals surface area contributed by atoms with Gasteiger partial charge in [0, 0.05) is 29.6 Å². The van der Waals surface area contributed by atoms with Gasteiger partial charge < -0.3 is 10.2 Å². The zero-order valence-corrected chi connectivity index (χ0v) is 17.1. The molecule has 0 aliphatic carbocycles. The van der Waals surface area contributed by atoms with Crippen molar-refractivity contribution in [3.63, 3.8) is 0 Å². The molecule has 0 aromatic heterocycles. The number of piperidine rings is 1. The number of alkyl halides is 3. The maximum atomic E-state index is 12.7. The van der Waals surface area contributed by atoms with Crippen molar-refractivity contribution in [2.75, 3.05) is 13.1 Å². The summed E-state index contributed by atoms with van der Waals surface area (Å²) < 4.78 is 38.0.